The first-order valence-corrected chi connectivity index (χ1v) is 10.0. The Kier molecular flexibility index (Phi) is 5.48. The first-order chi connectivity index (χ1) is 14.6. The first kappa shape index (κ1) is 19.6. The van der Waals surface area contributed by atoms with Gasteiger partial charge in [0.15, 0.2) is 0 Å². The number of rotatable bonds is 4. The quantitative estimate of drug-likeness (QED) is 0.498. The van der Waals surface area contributed by atoms with Gasteiger partial charge in [-0.1, -0.05) is 42.5 Å². The summed E-state index contributed by atoms with van der Waals surface area (Å²) in [5.41, 5.74) is 1.91. The Morgan fingerprint density at radius 2 is 1.47 bits per heavy atom. The number of ketones is 1. The topological polar surface area (TPSA) is 62.6 Å². The maximum Gasteiger partial charge on any atom is 0.295 e. The fourth-order valence-electron chi connectivity index (χ4n) is 3.80. The van der Waals surface area contributed by atoms with E-state index in [9.17, 15) is 14.4 Å². The summed E-state index contributed by atoms with van der Waals surface area (Å²) < 4.78 is 1.85. The summed E-state index contributed by atoms with van der Waals surface area (Å²) in [6, 6.07) is 16.6. The molecule has 6 heteroatoms. The number of benzene rings is 2. The largest absolute Gasteiger partial charge is 0.335 e. The van der Waals surface area contributed by atoms with Crippen LogP contribution < -0.4 is 0 Å². The van der Waals surface area contributed by atoms with Crippen LogP contribution in [0.5, 0.6) is 0 Å². The minimum Gasteiger partial charge on any atom is -0.335 e. The highest BCUT2D eigenvalue weighted by molar-refractivity contribution is 6.45. The maximum atomic E-state index is 13.0. The Bertz CT molecular complexity index is 1120. The van der Waals surface area contributed by atoms with Gasteiger partial charge in [-0.05, 0) is 25.1 Å². The summed E-state index contributed by atoms with van der Waals surface area (Å²) in [4.78, 5) is 41.8. The van der Waals surface area contributed by atoms with Crippen molar-refractivity contribution in [2.24, 2.45) is 0 Å². The van der Waals surface area contributed by atoms with Gasteiger partial charge in [-0.2, -0.15) is 0 Å². The average molecular weight is 401 g/mol. The Morgan fingerprint density at radius 3 is 2.17 bits per heavy atom. The second-order valence-electron chi connectivity index (χ2n) is 7.23. The zero-order chi connectivity index (χ0) is 21.1. The molecular weight excluding hydrogens is 378 g/mol. The second-order valence-corrected chi connectivity index (χ2v) is 7.23. The summed E-state index contributed by atoms with van der Waals surface area (Å²) >= 11 is 0. The van der Waals surface area contributed by atoms with Gasteiger partial charge >= 0.3 is 0 Å². The molecule has 2 heterocycles. The number of amides is 2. The van der Waals surface area contributed by atoms with E-state index in [2.05, 4.69) is 0 Å². The van der Waals surface area contributed by atoms with Crippen LogP contribution >= 0.6 is 0 Å². The van der Waals surface area contributed by atoms with Crippen molar-refractivity contribution < 1.29 is 14.4 Å². The first-order valence-electron chi connectivity index (χ1n) is 10.0. The molecule has 6 nitrogen and oxygen atoms in total. The number of aromatic nitrogens is 1. The summed E-state index contributed by atoms with van der Waals surface area (Å²) in [6.45, 7) is 3.41. The average Bonchev–Trinajstić information content (AvgIpc) is 3.17. The van der Waals surface area contributed by atoms with Crippen molar-refractivity contribution in [1.82, 2.24) is 14.4 Å². The van der Waals surface area contributed by atoms with Crippen LogP contribution in [0.2, 0.25) is 0 Å². The van der Waals surface area contributed by atoms with E-state index in [4.69, 9.17) is 0 Å². The third kappa shape index (κ3) is 3.64. The molecule has 0 spiro atoms. The van der Waals surface area contributed by atoms with E-state index >= 15 is 0 Å². The molecular formula is C24H23N3O3. The molecule has 1 fully saturated rings. The van der Waals surface area contributed by atoms with Crippen LogP contribution in [0.15, 0.2) is 66.9 Å². The summed E-state index contributed by atoms with van der Waals surface area (Å²) in [6.07, 6.45) is 5.45. The minimum absolute atomic E-state index is 0.0524. The number of hydrogen-bond acceptors (Lipinski definition) is 3. The van der Waals surface area contributed by atoms with Crippen molar-refractivity contribution >= 4 is 34.7 Å². The highest BCUT2D eigenvalue weighted by atomic mass is 16.2. The van der Waals surface area contributed by atoms with E-state index in [1.54, 1.807) is 28.1 Å². The zero-order valence-electron chi connectivity index (χ0n) is 16.8. The maximum absolute atomic E-state index is 13.0. The van der Waals surface area contributed by atoms with Gasteiger partial charge in [0.25, 0.3) is 17.6 Å². The second kappa shape index (κ2) is 8.37. The monoisotopic (exact) mass is 401 g/mol. The molecule has 0 atom stereocenters. The molecule has 0 N–H and O–H groups in total. The van der Waals surface area contributed by atoms with Crippen LogP contribution in [0.3, 0.4) is 0 Å². The van der Waals surface area contributed by atoms with Crippen molar-refractivity contribution in [1.29, 1.82) is 0 Å². The van der Waals surface area contributed by atoms with Crippen molar-refractivity contribution in [3.05, 3.63) is 78.0 Å². The summed E-state index contributed by atoms with van der Waals surface area (Å²) in [5.74, 6) is -1.09. The smallest absolute Gasteiger partial charge is 0.295 e. The Morgan fingerprint density at radius 1 is 0.833 bits per heavy atom. The van der Waals surface area contributed by atoms with Gasteiger partial charge in [0.05, 0.1) is 11.1 Å². The number of nitrogens with zero attached hydrogens (tertiary/aromatic N) is 3. The lowest BCUT2D eigenvalue weighted by molar-refractivity contribution is -0.127. The molecule has 0 unspecified atom stereocenters. The number of allylic oxidation sites excluding steroid dienone is 1. The van der Waals surface area contributed by atoms with Gasteiger partial charge in [0, 0.05) is 49.5 Å². The third-order valence-corrected chi connectivity index (χ3v) is 5.36. The molecule has 0 bridgehead atoms. The Labute approximate surface area is 175 Å². The SMILES string of the molecule is C/C=C/n1cc(C(=O)C(=O)N2CCN(C(=O)c3ccccc3)CC2)c2ccccc21. The molecule has 3 aromatic rings. The predicted octanol–water partition coefficient (Wildman–Crippen LogP) is 3.30. The number of carbonyl (C=O) groups excluding carboxylic acids is 3. The van der Waals surface area contributed by atoms with Crippen LogP contribution in [-0.2, 0) is 4.79 Å². The number of piperazine rings is 1. The summed E-state index contributed by atoms with van der Waals surface area (Å²) in [5, 5.41) is 0.756. The standard InChI is InChI=1S/C24H23N3O3/c1-2-12-27-17-20(19-10-6-7-11-21(19)27)22(28)24(30)26-15-13-25(14-16-26)23(29)18-8-4-3-5-9-18/h2-12,17H,13-16H2,1H3/b12-2+. The zero-order valence-corrected chi connectivity index (χ0v) is 16.8. The number of fused-ring (bicyclic) bond motifs is 1. The van der Waals surface area contributed by atoms with Gasteiger partial charge in [-0.15, -0.1) is 0 Å². The fraction of sp³-hybridized carbons (Fsp3) is 0.208. The van der Waals surface area contributed by atoms with E-state index in [0.29, 0.717) is 37.3 Å². The van der Waals surface area contributed by atoms with Gasteiger partial charge < -0.3 is 14.4 Å². The van der Waals surface area contributed by atoms with Crippen molar-refractivity contribution in [3.8, 4) is 0 Å². The van der Waals surface area contributed by atoms with Crippen LogP contribution in [0.4, 0.5) is 0 Å². The molecule has 0 saturated carbocycles. The predicted molar refractivity (Wildman–Crippen MR) is 116 cm³/mol. The van der Waals surface area contributed by atoms with Crippen molar-refractivity contribution in [3.63, 3.8) is 0 Å². The molecule has 1 aliphatic heterocycles. The van der Waals surface area contributed by atoms with Gasteiger partial charge in [0.2, 0.25) is 0 Å². The van der Waals surface area contributed by atoms with Crippen LogP contribution in [0.25, 0.3) is 17.1 Å². The lowest BCUT2D eigenvalue weighted by Crippen LogP contribution is -2.52. The van der Waals surface area contributed by atoms with E-state index < -0.39 is 11.7 Å². The number of para-hydroxylation sites is 1. The van der Waals surface area contributed by atoms with Crippen LogP contribution in [-0.4, -0.2) is 58.1 Å². The van der Waals surface area contributed by atoms with Gasteiger partial charge in [-0.25, -0.2) is 0 Å². The number of Topliss-reactive ketones (excluding diaryl/α,β-unsaturated/α-hetero) is 1. The van der Waals surface area contributed by atoms with E-state index in [1.807, 2.05) is 66.2 Å². The minimum atomic E-state index is -0.523. The van der Waals surface area contributed by atoms with Gasteiger partial charge in [-0.3, -0.25) is 14.4 Å². The summed E-state index contributed by atoms with van der Waals surface area (Å²) in [7, 11) is 0. The lowest BCUT2D eigenvalue weighted by Gasteiger charge is -2.34. The lowest BCUT2D eigenvalue weighted by atomic mass is 10.1. The van der Waals surface area contributed by atoms with E-state index in [1.165, 1.54) is 0 Å². The van der Waals surface area contributed by atoms with E-state index in [0.717, 1.165) is 10.9 Å². The molecule has 1 saturated heterocycles. The molecule has 0 aliphatic carbocycles. The Balaban J connectivity index is 1.48. The Hall–Kier alpha value is -3.67. The highest BCUT2D eigenvalue weighted by Crippen LogP contribution is 2.23. The molecule has 152 valence electrons. The molecule has 2 amide bonds. The number of hydrogen-bond donors (Lipinski definition) is 0. The van der Waals surface area contributed by atoms with E-state index in [-0.39, 0.29) is 5.91 Å². The molecule has 1 aromatic heterocycles. The van der Waals surface area contributed by atoms with Gasteiger partial charge in [0.1, 0.15) is 0 Å². The highest BCUT2D eigenvalue weighted by Gasteiger charge is 2.30. The molecule has 30 heavy (non-hydrogen) atoms. The van der Waals surface area contributed by atoms with Crippen LogP contribution in [0, 0.1) is 0 Å². The normalized spacial score (nSPS) is 14.4. The fourth-order valence-corrected chi connectivity index (χ4v) is 3.80. The molecule has 2 aromatic carbocycles. The number of carbonyl (C=O) groups is 3. The van der Waals surface area contributed by atoms with Crippen molar-refractivity contribution in [2.45, 2.75) is 6.92 Å². The molecule has 0 radical (unpaired) electrons. The third-order valence-electron chi connectivity index (χ3n) is 5.36. The van der Waals surface area contributed by atoms with Crippen LogP contribution in [0.1, 0.15) is 27.6 Å². The van der Waals surface area contributed by atoms with Crippen molar-refractivity contribution in [2.75, 3.05) is 26.2 Å². The molecule has 4 rings (SSSR count). The molecule has 1 aliphatic rings.